The van der Waals surface area contributed by atoms with Gasteiger partial charge in [-0.05, 0) is 31.5 Å². The Labute approximate surface area is 105 Å². The van der Waals surface area contributed by atoms with Gasteiger partial charge in [-0.3, -0.25) is 0 Å². The van der Waals surface area contributed by atoms with Crippen LogP contribution < -0.4 is 4.74 Å². The number of nitrogens with zero attached hydrogens (tertiary/aromatic N) is 1. The van der Waals surface area contributed by atoms with Crippen LogP contribution in [-0.4, -0.2) is 10.1 Å². The number of hydrogen-bond donors (Lipinski definition) is 1. The summed E-state index contributed by atoms with van der Waals surface area (Å²) in [6.07, 6.45) is -0.439. The molecule has 0 saturated carbocycles. The van der Waals surface area contributed by atoms with E-state index in [-0.39, 0.29) is 0 Å². The number of ether oxygens (including phenoxy) is 1. The first-order chi connectivity index (χ1) is 8.15. The van der Waals surface area contributed by atoms with Crippen molar-refractivity contribution in [3.05, 3.63) is 45.9 Å². The smallest absolute Gasteiger partial charge is 0.140 e. The molecule has 0 aliphatic heterocycles. The Morgan fingerprint density at radius 3 is 2.59 bits per heavy atom. The molecule has 0 radical (unpaired) electrons. The van der Waals surface area contributed by atoms with Gasteiger partial charge >= 0.3 is 0 Å². The normalized spacial score (nSPS) is 12.4. The first-order valence-electron chi connectivity index (χ1n) is 5.47. The molecule has 1 aromatic carbocycles. The zero-order valence-corrected chi connectivity index (χ0v) is 10.7. The van der Waals surface area contributed by atoms with E-state index in [1.54, 1.807) is 18.3 Å². The Balaban J connectivity index is 1.95. The lowest BCUT2D eigenvalue weighted by Crippen LogP contribution is -1.96. The Bertz CT molecular complexity index is 476. The summed E-state index contributed by atoms with van der Waals surface area (Å²) in [5, 5.41) is 12.4. The number of thiazole rings is 1. The van der Waals surface area contributed by atoms with E-state index in [4.69, 9.17) is 4.74 Å². The standard InChI is InChI=1S/C13H15NO2S/c1-9-8-17-13(14-9)7-16-12-5-3-11(4-6-12)10(2)15/h3-6,8,10,15H,7H2,1-2H3/t10-/m0/s1. The molecule has 0 aliphatic carbocycles. The number of aromatic nitrogens is 1. The van der Waals surface area contributed by atoms with Gasteiger partial charge in [-0.15, -0.1) is 11.3 Å². The minimum Gasteiger partial charge on any atom is -0.486 e. The lowest BCUT2D eigenvalue weighted by atomic mass is 10.1. The van der Waals surface area contributed by atoms with E-state index < -0.39 is 6.10 Å². The van der Waals surface area contributed by atoms with Gasteiger partial charge < -0.3 is 9.84 Å². The van der Waals surface area contributed by atoms with Crippen molar-refractivity contribution in [3.8, 4) is 5.75 Å². The maximum absolute atomic E-state index is 9.38. The van der Waals surface area contributed by atoms with Crippen molar-refractivity contribution in [3.63, 3.8) is 0 Å². The van der Waals surface area contributed by atoms with Crippen LogP contribution in [0.3, 0.4) is 0 Å². The van der Waals surface area contributed by atoms with Gasteiger partial charge in [0.05, 0.1) is 6.10 Å². The van der Waals surface area contributed by atoms with Crippen LogP contribution in [0.5, 0.6) is 5.75 Å². The van der Waals surface area contributed by atoms with Crippen molar-refractivity contribution in [1.82, 2.24) is 4.98 Å². The van der Waals surface area contributed by atoms with Crippen LogP contribution in [0.15, 0.2) is 29.6 Å². The van der Waals surface area contributed by atoms with E-state index >= 15 is 0 Å². The number of aliphatic hydroxyl groups is 1. The van der Waals surface area contributed by atoms with Crippen LogP contribution in [0.25, 0.3) is 0 Å². The van der Waals surface area contributed by atoms with Crippen LogP contribution in [0.2, 0.25) is 0 Å². The molecule has 17 heavy (non-hydrogen) atoms. The van der Waals surface area contributed by atoms with E-state index in [9.17, 15) is 5.11 Å². The summed E-state index contributed by atoms with van der Waals surface area (Å²) in [6.45, 7) is 4.21. The summed E-state index contributed by atoms with van der Waals surface area (Å²) in [5.41, 5.74) is 1.92. The predicted octanol–water partition coefficient (Wildman–Crippen LogP) is 3.08. The second-order valence-electron chi connectivity index (χ2n) is 3.92. The Kier molecular flexibility index (Phi) is 3.76. The van der Waals surface area contributed by atoms with Crippen LogP contribution >= 0.6 is 11.3 Å². The van der Waals surface area contributed by atoms with Crippen LogP contribution in [0, 0.1) is 6.92 Å². The highest BCUT2D eigenvalue weighted by Gasteiger charge is 2.02. The quantitative estimate of drug-likeness (QED) is 0.905. The zero-order valence-electron chi connectivity index (χ0n) is 9.88. The summed E-state index contributed by atoms with van der Waals surface area (Å²) >= 11 is 1.60. The van der Waals surface area contributed by atoms with Crippen molar-refractivity contribution in [2.24, 2.45) is 0 Å². The molecule has 0 saturated heterocycles. The summed E-state index contributed by atoms with van der Waals surface area (Å²) < 4.78 is 5.61. The molecule has 2 rings (SSSR count). The lowest BCUT2D eigenvalue weighted by molar-refractivity contribution is 0.199. The van der Waals surface area contributed by atoms with Crippen LogP contribution in [0.1, 0.15) is 29.3 Å². The van der Waals surface area contributed by atoms with Gasteiger partial charge in [0.2, 0.25) is 0 Å². The zero-order chi connectivity index (χ0) is 12.3. The fraction of sp³-hybridized carbons (Fsp3) is 0.308. The van der Waals surface area contributed by atoms with Crippen molar-refractivity contribution in [2.45, 2.75) is 26.6 Å². The fourth-order valence-corrected chi connectivity index (χ4v) is 2.14. The molecule has 1 N–H and O–H groups in total. The third-order valence-electron chi connectivity index (χ3n) is 2.39. The molecule has 0 fully saturated rings. The topological polar surface area (TPSA) is 42.4 Å². The third-order valence-corrected chi connectivity index (χ3v) is 3.33. The monoisotopic (exact) mass is 249 g/mol. The Hall–Kier alpha value is -1.39. The van der Waals surface area contributed by atoms with E-state index in [2.05, 4.69) is 4.98 Å². The van der Waals surface area contributed by atoms with Crippen LogP contribution in [0.4, 0.5) is 0 Å². The third kappa shape index (κ3) is 3.28. The highest BCUT2D eigenvalue weighted by Crippen LogP contribution is 2.19. The molecule has 0 spiro atoms. The largest absolute Gasteiger partial charge is 0.486 e. The molecular formula is C13H15NO2S. The van der Waals surface area contributed by atoms with Gasteiger partial charge in [0, 0.05) is 11.1 Å². The number of aryl methyl sites for hydroxylation is 1. The maximum atomic E-state index is 9.38. The second-order valence-corrected chi connectivity index (χ2v) is 4.86. The molecule has 0 unspecified atom stereocenters. The first kappa shape index (κ1) is 12.1. The number of benzene rings is 1. The summed E-state index contributed by atoms with van der Waals surface area (Å²) in [7, 11) is 0. The number of aliphatic hydroxyl groups excluding tert-OH is 1. The highest BCUT2D eigenvalue weighted by molar-refractivity contribution is 7.09. The van der Waals surface area contributed by atoms with Crippen LogP contribution in [-0.2, 0) is 6.61 Å². The molecular weight excluding hydrogens is 234 g/mol. The minimum absolute atomic E-state index is 0.439. The molecule has 3 nitrogen and oxygen atoms in total. The van der Waals surface area contributed by atoms with E-state index in [0.29, 0.717) is 6.61 Å². The first-order valence-corrected chi connectivity index (χ1v) is 6.35. The molecule has 1 heterocycles. The average molecular weight is 249 g/mol. The van der Waals surface area contributed by atoms with E-state index in [1.165, 1.54) is 0 Å². The van der Waals surface area contributed by atoms with Crippen molar-refractivity contribution in [1.29, 1.82) is 0 Å². The van der Waals surface area contributed by atoms with E-state index in [0.717, 1.165) is 22.0 Å². The van der Waals surface area contributed by atoms with Crippen molar-refractivity contribution in [2.75, 3.05) is 0 Å². The molecule has 1 aromatic heterocycles. The van der Waals surface area contributed by atoms with Gasteiger partial charge in [0.25, 0.3) is 0 Å². The minimum atomic E-state index is -0.439. The SMILES string of the molecule is Cc1csc(COc2ccc([C@H](C)O)cc2)n1. The van der Waals surface area contributed by atoms with Crippen molar-refractivity contribution >= 4 is 11.3 Å². The van der Waals surface area contributed by atoms with Crippen molar-refractivity contribution < 1.29 is 9.84 Å². The second kappa shape index (κ2) is 5.29. The molecule has 2 aromatic rings. The highest BCUT2D eigenvalue weighted by atomic mass is 32.1. The lowest BCUT2D eigenvalue weighted by Gasteiger charge is -2.07. The summed E-state index contributed by atoms with van der Waals surface area (Å²) in [6, 6.07) is 7.46. The molecule has 0 aliphatic rings. The summed E-state index contributed by atoms with van der Waals surface area (Å²) in [4.78, 5) is 4.33. The molecule has 0 bridgehead atoms. The van der Waals surface area contributed by atoms with Gasteiger partial charge in [0.15, 0.2) is 0 Å². The van der Waals surface area contributed by atoms with Gasteiger partial charge in [-0.25, -0.2) is 4.98 Å². The molecule has 1 atom stereocenters. The number of rotatable bonds is 4. The molecule has 90 valence electrons. The molecule has 0 amide bonds. The fourth-order valence-electron chi connectivity index (χ4n) is 1.46. The maximum Gasteiger partial charge on any atom is 0.140 e. The predicted molar refractivity (Wildman–Crippen MR) is 68.3 cm³/mol. The number of hydrogen-bond acceptors (Lipinski definition) is 4. The Morgan fingerprint density at radius 2 is 2.06 bits per heavy atom. The van der Waals surface area contributed by atoms with Gasteiger partial charge in [0.1, 0.15) is 17.4 Å². The Morgan fingerprint density at radius 1 is 1.35 bits per heavy atom. The molecule has 4 heteroatoms. The van der Waals surface area contributed by atoms with Gasteiger partial charge in [-0.2, -0.15) is 0 Å². The van der Waals surface area contributed by atoms with E-state index in [1.807, 2.05) is 36.6 Å². The van der Waals surface area contributed by atoms with Gasteiger partial charge in [-0.1, -0.05) is 12.1 Å². The average Bonchev–Trinajstić information content (AvgIpc) is 2.73. The summed E-state index contributed by atoms with van der Waals surface area (Å²) in [5.74, 6) is 0.794.